The lowest BCUT2D eigenvalue weighted by Gasteiger charge is -2.13. The highest BCUT2D eigenvalue weighted by atomic mass is 35.5. The smallest absolute Gasteiger partial charge is 0.166 e. The quantitative estimate of drug-likeness (QED) is 0.491. The third kappa shape index (κ3) is 5.41. The van der Waals surface area contributed by atoms with Crippen molar-refractivity contribution in [2.24, 2.45) is 0 Å². The largest absolute Gasteiger partial charge is 0.416 e. The molecule has 0 heterocycles. The Kier molecular flexibility index (Phi) is 6.14. The molecule has 1 aromatic rings. The Hall–Kier alpha value is -0.743. The monoisotopic (exact) mass is 306 g/mol. The molecule has 0 fully saturated rings. The van der Waals surface area contributed by atoms with Gasteiger partial charge in [0.2, 0.25) is 0 Å². The van der Waals surface area contributed by atoms with E-state index in [0.717, 1.165) is 24.6 Å². The van der Waals surface area contributed by atoms with E-state index >= 15 is 0 Å². The van der Waals surface area contributed by atoms with Gasteiger partial charge in [-0.15, -0.1) is 23.9 Å². The van der Waals surface area contributed by atoms with Gasteiger partial charge in [-0.25, -0.2) is 0 Å². The van der Waals surface area contributed by atoms with Gasteiger partial charge in [0.25, 0.3) is 0 Å². The third-order valence-corrected chi connectivity index (χ3v) is 5.69. The minimum atomic E-state index is -4.31. The summed E-state index contributed by atoms with van der Waals surface area (Å²) >= 11 is 6.18. The van der Waals surface area contributed by atoms with Gasteiger partial charge in [0.15, 0.2) is 0 Å². The minimum Gasteiger partial charge on any atom is -0.166 e. The average Bonchev–Trinajstić information content (AvgIpc) is 2.37. The molecule has 0 N–H and O–H groups in total. The second-order valence-corrected chi connectivity index (χ2v) is 8.26. The van der Waals surface area contributed by atoms with Crippen molar-refractivity contribution in [3.63, 3.8) is 0 Å². The van der Waals surface area contributed by atoms with Gasteiger partial charge in [0.05, 0.1) is 19.7 Å². The summed E-state index contributed by atoms with van der Waals surface area (Å²) in [7, 11) is -0.846. The van der Waals surface area contributed by atoms with Crippen LogP contribution < -0.4 is 0 Å². The van der Waals surface area contributed by atoms with Crippen molar-refractivity contribution in [3.8, 4) is 0 Å². The van der Waals surface area contributed by atoms with Crippen LogP contribution in [-0.4, -0.2) is 8.80 Å². The number of benzene rings is 1. The van der Waals surface area contributed by atoms with E-state index in [0.29, 0.717) is 12.0 Å². The summed E-state index contributed by atoms with van der Waals surface area (Å²) in [6.07, 6.45) is -2.67. The molecule has 19 heavy (non-hydrogen) atoms. The summed E-state index contributed by atoms with van der Waals surface area (Å²) in [5.41, 5.74) is 1.92. The second-order valence-electron chi connectivity index (χ2n) is 4.73. The zero-order chi connectivity index (χ0) is 14.5. The maximum absolute atomic E-state index is 12.6. The van der Waals surface area contributed by atoms with Crippen LogP contribution in [0.2, 0.25) is 12.6 Å². The third-order valence-electron chi connectivity index (χ3n) is 3.10. The number of hydrogen-bond acceptors (Lipinski definition) is 0. The molecule has 106 valence electrons. The van der Waals surface area contributed by atoms with E-state index in [1.165, 1.54) is 6.07 Å². The molecule has 0 aromatic heterocycles. The van der Waals surface area contributed by atoms with Gasteiger partial charge in [0, 0.05) is 0 Å². The molecule has 0 amide bonds. The van der Waals surface area contributed by atoms with Crippen molar-refractivity contribution in [2.45, 2.75) is 37.0 Å². The highest BCUT2D eigenvalue weighted by molar-refractivity contribution is 6.62. The van der Waals surface area contributed by atoms with Crippen LogP contribution in [0.25, 0.3) is 0 Å². The molecule has 0 nitrogen and oxygen atoms in total. The van der Waals surface area contributed by atoms with E-state index < -0.39 is 20.5 Å². The van der Waals surface area contributed by atoms with Crippen LogP contribution in [0.4, 0.5) is 13.2 Å². The number of halogens is 4. The lowest BCUT2D eigenvalue weighted by Crippen LogP contribution is -2.06. The van der Waals surface area contributed by atoms with Gasteiger partial charge < -0.3 is 0 Å². The minimum absolute atomic E-state index is 0.353. The molecule has 0 saturated carbocycles. The Balaban J connectivity index is 2.62. The zero-order valence-corrected chi connectivity index (χ0v) is 12.8. The molecule has 2 unspecified atom stereocenters. The molecule has 0 aliphatic carbocycles. The fraction of sp³-hybridized carbons (Fsp3) is 0.429. The molecule has 0 radical (unpaired) electrons. The molecule has 0 spiro atoms. The zero-order valence-electron chi connectivity index (χ0n) is 10.9. The molecule has 0 saturated heterocycles. The Morgan fingerprint density at radius 1 is 1.42 bits per heavy atom. The predicted octanol–water partition coefficient (Wildman–Crippen LogP) is 5.35. The Labute approximate surface area is 118 Å². The summed E-state index contributed by atoms with van der Waals surface area (Å²) in [5, 5.41) is -0.353. The first-order chi connectivity index (χ1) is 8.84. The number of alkyl halides is 4. The summed E-state index contributed by atoms with van der Waals surface area (Å²) in [4.78, 5) is 0. The molecule has 5 heteroatoms. The Morgan fingerprint density at radius 3 is 2.68 bits per heavy atom. The van der Waals surface area contributed by atoms with Crippen molar-refractivity contribution < 1.29 is 13.2 Å². The fourth-order valence-corrected chi connectivity index (χ4v) is 3.22. The average molecular weight is 307 g/mol. The van der Waals surface area contributed by atoms with E-state index in [1.807, 2.05) is 5.70 Å². The molecule has 1 rings (SSSR count). The molecule has 0 aliphatic rings. The van der Waals surface area contributed by atoms with Crippen molar-refractivity contribution in [2.75, 3.05) is 0 Å². The summed E-state index contributed by atoms with van der Waals surface area (Å²) in [5.74, 6) is 0. The first-order valence-electron chi connectivity index (χ1n) is 6.28. The lowest BCUT2D eigenvalue weighted by molar-refractivity contribution is -0.137. The van der Waals surface area contributed by atoms with Gasteiger partial charge in [0.1, 0.15) is 0 Å². The van der Waals surface area contributed by atoms with Crippen LogP contribution in [-0.2, 0) is 6.18 Å². The van der Waals surface area contributed by atoms with Crippen molar-refractivity contribution in [1.82, 2.24) is 0 Å². The molecule has 2 atom stereocenters. The highest BCUT2D eigenvalue weighted by Crippen LogP contribution is 2.33. The van der Waals surface area contributed by atoms with Crippen LogP contribution in [0, 0.1) is 0 Å². The molecule has 0 bridgehead atoms. The van der Waals surface area contributed by atoms with E-state index in [2.05, 4.69) is 13.1 Å². The maximum atomic E-state index is 12.6. The topological polar surface area (TPSA) is 0 Å². The molecular weight excluding hydrogens is 289 g/mol. The van der Waals surface area contributed by atoms with Crippen LogP contribution in [0.1, 0.15) is 29.3 Å². The van der Waals surface area contributed by atoms with E-state index in [9.17, 15) is 13.2 Å². The van der Waals surface area contributed by atoms with Crippen LogP contribution in [0.15, 0.2) is 36.5 Å². The van der Waals surface area contributed by atoms with Crippen molar-refractivity contribution >= 4 is 20.4 Å². The van der Waals surface area contributed by atoms with Gasteiger partial charge in [-0.3, -0.25) is 0 Å². The van der Waals surface area contributed by atoms with Gasteiger partial charge in [-0.05, 0) is 18.1 Å². The Bertz CT molecular complexity index is 417. The molecule has 1 aromatic carbocycles. The normalized spacial score (nSPS) is 15.0. The van der Waals surface area contributed by atoms with Crippen LogP contribution in [0.3, 0.4) is 0 Å². The SMILES string of the molecule is C=C[SiH](C)CCCC(Cl)c1cccc(C(F)(F)F)c1. The summed E-state index contributed by atoms with van der Waals surface area (Å²) < 4.78 is 37.8. The first-order valence-corrected chi connectivity index (χ1v) is 9.35. The number of hydrogen-bond donors (Lipinski definition) is 0. The second kappa shape index (κ2) is 7.15. The summed E-state index contributed by atoms with van der Waals surface area (Å²) in [6.45, 7) is 5.95. The Morgan fingerprint density at radius 2 is 2.11 bits per heavy atom. The van der Waals surface area contributed by atoms with Crippen LogP contribution >= 0.6 is 11.6 Å². The lowest BCUT2D eigenvalue weighted by atomic mass is 10.0. The van der Waals surface area contributed by atoms with Crippen molar-refractivity contribution in [1.29, 1.82) is 0 Å². The maximum Gasteiger partial charge on any atom is 0.416 e. The fourth-order valence-electron chi connectivity index (χ4n) is 1.81. The van der Waals surface area contributed by atoms with E-state index in [4.69, 9.17) is 11.6 Å². The van der Waals surface area contributed by atoms with Gasteiger partial charge in [-0.2, -0.15) is 13.2 Å². The number of rotatable bonds is 6. The molecule has 0 aliphatic heterocycles. The van der Waals surface area contributed by atoms with Crippen LogP contribution in [0.5, 0.6) is 0 Å². The standard InChI is InChI=1S/C14H18ClF3Si/c1-3-19(2)9-5-8-13(15)11-6-4-7-12(10-11)14(16,17)18/h3-4,6-7,10,13,19H,1,5,8-9H2,2H3. The van der Waals surface area contributed by atoms with E-state index in [-0.39, 0.29) is 5.38 Å². The highest BCUT2D eigenvalue weighted by Gasteiger charge is 2.30. The molecular formula is C14H18ClF3Si. The van der Waals surface area contributed by atoms with E-state index in [1.54, 1.807) is 6.07 Å². The summed E-state index contributed by atoms with van der Waals surface area (Å²) in [6, 6.07) is 6.37. The van der Waals surface area contributed by atoms with Gasteiger partial charge >= 0.3 is 6.18 Å². The van der Waals surface area contributed by atoms with Gasteiger partial charge in [-0.1, -0.05) is 37.2 Å². The predicted molar refractivity (Wildman–Crippen MR) is 77.3 cm³/mol. The first kappa shape index (κ1) is 16.3. The van der Waals surface area contributed by atoms with Crippen molar-refractivity contribution in [3.05, 3.63) is 47.7 Å².